The molecule has 0 aliphatic rings. The number of sulfone groups is 1. The van der Waals surface area contributed by atoms with Gasteiger partial charge in [0.1, 0.15) is 9.84 Å². The molecule has 0 radical (unpaired) electrons. The third kappa shape index (κ3) is 4.87. The molecule has 7 nitrogen and oxygen atoms in total. The smallest absolute Gasteiger partial charge is 0.233 e. The highest BCUT2D eigenvalue weighted by molar-refractivity contribution is 7.95. The molecule has 0 amide bonds. The number of anilines is 1. The van der Waals surface area contributed by atoms with Crippen molar-refractivity contribution in [2.24, 2.45) is 0 Å². The van der Waals surface area contributed by atoms with Crippen LogP contribution in [-0.4, -0.2) is 44.8 Å². The van der Waals surface area contributed by atoms with Crippen LogP contribution >= 0.6 is 0 Å². The van der Waals surface area contributed by atoms with Gasteiger partial charge in [0.25, 0.3) is 0 Å². The van der Waals surface area contributed by atoms with Gasteiger partial charge in [-0.05, 0) is 18.2 Å². The zero-order chi connectivity index (χ0) is 15.5. The van der Waals surface area contributed by atoms with E-state index < -0.39 is 31.4 Å². The summed E-state index contributed by atoms with van der Waals surface area (Å²) in [7, 11) is -7.03. The van der Waals surface area contributed by atoms with Crippen molar-refractivity contribution in [2.75, 3.05) is 22.5 Å². The zero-order valence-corrected chi connectivity index (χ0v) is 12.9. The first-order chi connectivity index (χ1) is 9.75. The highest BCUT2D eigenvalue weighted by atomic mass is 32.2. The average molecular weight is 329 g/mol. The summed E-state index contributed by atoms with van der Waals surface area (Å²) in [4.78, 5) is 0. The topological polar surface area (TPSA) is 109 Å². The lowest BCUT2D eigenvalue weighted by molar-refractivity contribution is 0.593. The number of aromatic amines is 1. The molecular weight excluding hydrogens is 314 g/mol. The summed E-state index contributed by atoms with van der Waals surface area (Å²) >= 11 is 0. The predicted molar refractivity (Wildman–Crippen MR) is 81.1 cm³/mol. The van der Waals surface area contributed by atoms with Gasteiger partial charge in [-0.3, -0.25) is 9.82 Å². The molecule has 0 aliphatic carbocycles. The highest BCUT2D eigenvalue weighted by Gasteiger charge is 2.14. The fourth-order valence-corrected chi connectivity index (χ4v) is 4.34. The standard InChI is InChI=1S/C12H15N3O4S2/c1-20(16,17)7-8-21(18,19)15-11-4-2-3-10(9-11)12-5-6-13-14-12/h2-6,9,15H,7-8H2,1H3,(H,13,14). The van der Waals surface area contributed by atoms with Crippen molar-refractivity contribution in [3.8, 4) is 11.3 Å². The zero-order valence-electron chi connectivity index (χ0n) is 11.3. The first-order valence-electron chi connectivity index (χ1n) is 6.03. The van der Waals surface area contributed by atoms with Crippen molar-refractivity contribution in [1.29, 1.82) is 0 Å². The maximum Gasteiger partial charge on any atom is 0.233 e. The van der Waals surface area contributed by atoms with E-state index >= 15 is 0 Å². The molecular formula is C12H15N3O4S2. The van der Waals surface area contributed by atoms with E-state index in [9.17, 15) is 16.8 Å². The summed E-state index contributed by atoms with van der Waals surface area (Å²) in [5.41, 5.74) is 1.90. The van der Waals surface area contributed by atoms with E-state index in [2.05, 4.69) is 14.9 Å². The van der Waals surface area contributed by atoms with Gasteiger partial charge in [0, 0.05) is 23.7 Å². The van der Waals surface area contributed by atoms with Crippen molar-refractivity contribution in [1.82, 2.24) is 10.2 Å². The molecule has 0 bridgehead atoms. The van der Waals surface area contributed by atoms with E-state index in [1.165, 1.54) is 0 Å². The number of sulfonamides is 1. The number of rotatable bonds is 6. The summed E-state index contributed by atoms with van der Waals surface area (Å²) in [5, 5.41) is 6.61. The van der Waals surface area contributed by atoms with E-state index in [0.29, 0.717) is 5.69 Å². The van der Waals surface area contributed by atoms with Gasteiger partial charge < -0.3 is 0 Å². The third-order valence-corrected chi connectivity index (χ3v) is 5.16. The normalized spacial score (nSPS) is 12.2. The monoisotopic (exact) mass is 329 g/mol. The Bertz CT molecular complexity index is 812. The van der Waals surface area contributed by atoms with Gasteiger partial charge >= 0.3 is 0 Å². The van der Waals surface area contributed by atoms with Gasteiger partial charge in [-0.2, -0.15) is 5.10 Å². The number of hydrogen-bond donors (Lipinski definition) is 2. The number of aromatic nitrogens is 2. The van der Waals surface area contributed by atoms with E-state index in [-0.39, 0.29) is 0 Å². The Labute approximate surface area is 123 Å². The second kappa shape index (κ2) is 5.86. The van der Waals surface area contributed by atoms with Crippen LogP contribution in [0.4, 0.5) is 5.69 Å². The van der Waals surface area contributed by atoms with Crippen LogP contribution in [-0.2, 0) is 19.9 Å². The minimum atomic E-state index is -3.71. The molecule has 2 aromatic rings. The number of H-pyrrole nitrogens is 1. The van der Waals surface area contributed by atoms with Crippen LogP contribution in [0, 0.1) is 0 Å². The van der Waals surface area contributed by atoms with Crippen molar-refractivity contribution in [3.63, 3.8) is 0 Å². The molecule has 2 rings (SSSR count). The van der Waals surface area contributed by atoms with Crippen molar-refractivity contribution in [2.45, 2.75) is 0 Å². The predicted octanol–water partition coefficient (Wildman–Crippen LogP) is 0.863. The van der Waals surface area contributed by atoms with Crippen molar-refractivity contribution >= 4 is 25.5 Å². The Morgan fingerprint density at radius 2 is 1.90 bits per heavy atom. The quantitative estimate of drug-likeness (QED) is 0.817. The maximum atomic E-state index is 11.8. The molecule has 0 spiro atoms. The number of benzene rings is 1. The van der Waals surface area contributed by atoms with Gasteiger partial charge in [-0.1, -0.05) is 12.1 Å². The minimum Gasteiger partial charge on any atom is -0.284 e. The van der Waals surface area contributed by atoms with Gasteiger partial charge in [-0.15, -0.1) is 0 Å². The summed E-state index contributed by atoms with van der Waals surface area (Å²) < 4.78 is 48.1. The average Bonchev–Trinajstić information content (AvgIpc) is 2.89. The fourth-order valence-electron chi connectivity index (χ4n) is 1.66. The molecule has 114 valence electrons. The van der Waals surface area contributed by atoms with Crippen LogP contribution < -0.4 is 4.72 Å². The van der Waals surface area contributed by atoms with Crippen LogP contribution in [0.25, 0.3) is 11.3 Å². The van der Waals surface area contributed by atoms with E-state index in [1.807, 2.05) is 6.07 Å². The lowest BCUT2D eigenvalue weighted by Crippen LogP contribution is -2.22. The van der Waals surface area contributed by atoms with E-state index in [1.54, 1.807) is 30.5 Å². The summed E-state index contributed by atoms with van der Waals surface area (Å²) in [5.74, 6) is -0.886. The molecule has 1 heterocycles. The van der Waals surface area contributed by atoms with Crippen LogP contribution in [0.3, 0.4) is 0 Å². The van der Waals surface area contributed by atoms with Crippen molar-refractivity contribution < 1.29 is 16.8 Å². The molecule has 1 aromatic carbocycles. The van der Waals surface area contributed by atoms with Gasteiger partial charge in [0.05, 0.1) is 17.2 Å². The van der Waals surface area contributed by atoms with Crippen molar-refractivity contribution in [3.05, 3.63) is 36.5 Å². The van der Waals surface area contributed by atoms with Crippen LogP contribution in [0.15, 0.2) is 36.5 Å². The Morgan fingerprint density at radius 3 is 2.52 bits per heavy atom. The Morgan fingerprint density at radius 1 is 1.14 bits per heavy atom. The molecule has 0 saturated carbocycles. The highest BCUT2D eigenvalue weighted by Crippen LogP contribution is 2.21. The SMILES string of the molecule is CS(=O)(=O)CCS(=O)(=O)Nc1cccc(-c2ccn[nH]2)c1. The molecule has 2 N–H and O–H groups in total. The Balaban J connectivity index is 2.14. The van der Waals surface area contributed by atoms with Gasteiger partial charge in [-0.25, -0.2) is 16.8 Å². The molecule has 0 atom stereocenters. The molecule has 9 heteroatoms. The second-order valence-electron chi connectivity index (χ2n) is 4.60. The lowest BCUT2D eigenvalue weighted by Gasteiger charge is -2.08. The molecule has 0 aliphatic heterocycles. The lowest BCUT2D eigenvalue weighted by atomic mass is 10.1. The van der Waals surface area contributed by atoms with Crippen LogP contribution in [0.1, 0.15) is 0 Å². The first-order valence-corrected chi connectivity index (χ1v) is 9.74. The fraction of sp³-hybridized carbons (Fsp3) is 0.250. The number of nitrogens with one attached hydrogen (secondary N) is 2. The molecule has 0 fully saturated rings. The summed E-state index contributed by atoms with van der Waals surface area (Å²) in [6.07, 6.45) is 2.60. The first kappa shape index (κ1) is 15.5. The Kier molecular flexibility index (Phi) is 4.33. The van der Waals surface area contributed by atoms with E-state index in [4.69, 9.17) is 0 Å². The van der Waals surface area contributed by atoms with E-state index in [0.717, 1.165) is 17.5 Å². The number of hydrogen-bond acceptors (Lipinski definition) is 5. The third-order valence-electron chi connectivity index (χ3n) is 2.67. The van der Waals surface area contributed by atoms with Gasteiger partial charge in [0.2, 0.25) is 10.0 Å². The van der Waals surface area contributed by atoms with Gasteiger partial charge in [0.15, 0.2) is 0 Å². The van der Waals surface area contributed by atoms with Crippen LogP contribution in [0.5, 0.6) is 0 Å². The molecule has 21 heavy (non-hydrogen) atoms. The molecule has 0 saturated heterocycles. The summed E-state index contributed by atoms with van der Waals surface area (Å²) in [6.45, 7) is 0. The Hall–Kier alpha value is -1.87. The molecule has 1 aromatic heterocycles. The minimum absolute atomic E-state index is 0.371. The van der Waals surface area contributed by atoms with Crippen LogP contribution in [0.2, 0.25) is 0 Å². The maximum absolute atomic E-state index is 11.8. The summed E-state index contributed by atoms with van der Waals surface area (Å²) in [6, 6.07) is 8.51. The number of nitrogens with zero attached hydrogens (tertiary/aromatic N) is 1. The second-order valence-corrected chi connectivity index (χ2v) is 8.70. The largest absolute Gasteiger partial charge is 0.284 e. The molecule has 0 unspecified atom stereocenters.